The van der Waals surface area contributed by atoms with Gasteiger partial charge in [0.25, 0.3) is 0 Å². The van der Waals surface area contributed by atoms with Crippen LogP contribution in [0, 0.1) is 0 Å². The van der Waals surface area contributed by atoms with Crippen LogP contribution in [0.2, 0.25) is 0 Å². The van der Waals surface area contributed by atoms with Gasteiger partial charge in [0.15, 0.2) is 0 Å². The van der Waals surface area contributed by atoms with Gasteiger partial charge in [0, 0.05) is 0 Å². The van der Waals surface area contributed by atoms with Crippen LogP contribution in [-0.2, 0) is 9.59 Å². The highest BCUT2D eigenvalue weighted by atomic mass is 16.2. The van der Waals surface area contributed by atoms with Crippen LogP contribution in [0.5, 0.6) is 0 Å². The van der Waals surface area contributed by atoms with Crippen LogP contribution in [-0.4, -0.2) is 12.8 Å². The number of benzene rings is 2. The van der Waals surface area contributed by atoms with Crippen LogP contribution < -0.4 is 4.90 Å². The first-order valence-electron chi connectivity index (χ1n) is 5.19. The van der Waals surface area contributed by atoms with E-state index in [2.05, 4.69) is 0 Å². The standard InChI is InChI=1S/C14H11NO2/c16-10-15(11-17)14-8-6-13(7-9-14)12-4-2-1-3-5-12/h1-11H. The molecule has 0 unspecified atom stereocenters. The number of anilines is 1. The van der Waals surface area contributed by atoms with Gasteiger partial charge in [0.05, 0.1) is 5.69 Å². The second-order valence-corrected chi connectivity index (χ2v) is 3.53. The minimum atomic E-state index is 0.491. The highest BCUT2D eigenvalue weighted by molar-refractivity contribution is 5.95. The molecule has 0 aliphatic rings. The summed E-state index contributed by atoms with van der Waals surface area (Å²) in [4.78, 5) is 22.2. The fraction of sp³-hybridized carbons (Fsp3) is 0. The van der Waals surface area contributed by atoms with Crippen molar-refractivity contribution in [3.05, 3.63) is 54.6 Å². The molecule has 17 heavy (non-hydrogen) atoms. The van der Waals surface area contributed by atoms with Gasteiger partial charge in [0.1, 0.15) is 0 Å². The number of carbonyl (C=O) groups excluding carboxylic acids is 2. The summed E-state index contributed by atoms with van der Waals surface area (Å²) >= 11 is 0. The maximum Gasteiger partial charge on any atom is 0.220 e. The van der Waals surface area contributed by atoms with Crippen molar-refractivity contribution in [3.8, 4) is 11.1 Å². The third-order valence-corrected chi connectivity index (χ3v) is 2.50. The number of hydrogen-bond acceptors (Lipinski definition) is 2. The van der Waals surface area contributed by atoms with Crippen LogP contribution in [0.4, 0.5) is 5.69 Å². The Kier molecular flexibility index (Phi) is 3.31. The molecule has 0 spiro atoms. The topological polar surface area (TPSA) is 37.4 Å². The molecule has 0 saturated carbocycles. The molecule has 0 atom stereocenters. The van der Waals surface area contributed by atoms with Crippen LogP contribution in [0.1, 0.15) is 0 Å². The average molecular weight is 225 g/mol. The largest absolute Gasteiger partial charge is 0.278 e. The maximum atomic E-state index is 10.6. The van der Waals surface area contributed by atoms with E-state index < -0.39 is 0 Å². The highest BCUT2D eigenvalue weighted by Gasteiger charge is 2.03. The van der Waals surface area contributed by atoms with Gasteiger partial charge >= 0.3 is 0 Å². The normalized spacial score (nSPS) is 9.65. The van der Waals surface area contributed by atoms with E-state index in [1.807, 2.05) is 42.5 Å². The summed E-state index contributed by atoms with van der Waals surface area (Å²) in [5.74, 6) is 0. The third-order valence-electron chi connectivity index (χ3n) is 2.50. The number of imide groups is 1. The van der Waals surface area contributed by atoms with Gasteiger partial charge in [-0.3, -0.25) is 14.5 Å². The van der Waals surface area contributed by atoms with Crippen molar-refractivity contribution in [1.29, 1.82) is 0 Å². The van der Waals surface area contributed by atoms with Gasteiger partial charge in [-0.1, -0.05) is 42.5 Å². The first kappa shape index (κ1) is 11.1. The minimum absolute atomic E-state index is 0.491. The molecule has 0 radical (unpaired) electrons. The quantitative estimate of drug-likeness (QED) is 0.749. The van der Waals surface area contributed by atoms with Crippen molar-refractivity contribution < 1.29 is 9.59 Å². The molecule has 2 rings (SSSR count). The fourth-order valence-electron chi connectivity index (χ4n) is 1.60. The summed E-state index contributed by atoms with van der Waals surface area (Å²) < 4.78 is 0. The van der Waals surface area contributed by atoms with E-state index in [1.165, 1.54) is 0 Å². The van der Waals surface area contributed by atoms with E-state index in [-0.39, 0.29) is 0 Å². The molecular formula is C14H11NO2. The lowest BCUT2D eigenvalue weighted by Gasteiger charge is -2.09. The number of nitrogens with zero attached hydrogens (tertiary/aromatic N) is 1. The smallest absolute Gasteiger partial charge is 0.220 e. The SMILES string of the molecule is O=CN(C=O)c1ccc(-c2ccccc2)cc1. The Labute approximate surface area is 99.3 Å². The molecule has 0 saturated heterocycles. The second kappa shape index (κ2) is 5.07. The first-order chi connectivity index (χ1) is 8.35. The van der Waals surface area contributed by atoms with Crippen molar-refractivity contribution in [1.82, 2.24) is 0 Å². The van der Waals surface area contributed by atoms with Crippen LogP contribution in [0.15, 0.2) is 54.6 Å². The van der Waals surface area contributed by atoms with Gasteiger partial charge in [0.2, 0.25) is 12.8 Å². The summed E-state index contributed by atoms with van der Waals surface area (Å²) in [5, 5.41) is 0. The van der Waals surface area contributed by atoms with Crippen molar-refractivity contribution in [2.45, 2.75) is 0 Å². The molecule has 0 aliphatic heterocycles. The molecule has 2 aromatic carbocycles. The molecule has 3 nitrogen and oxygen atoms in total. The zero-order chi connectivity index (χ0) is 12.1. The monoisotopic (exact) mass is 225 g/mol. The Hall–Kier alpha value is -2.42. The molecule has 0 heterocycles. The van der Waals surface area contributed by atoms with Gasteiger partial charge in [-0.05, 0) is 23.3 Å². The van der Waals surface area contributed by atoms with E-state index >= 15 is 0 Å². The fourth-order valence-corrected chi connectivity index (χ4v) is 1.60. The number of rotatable bonds is 4. The van der Waals surface area contributed by atoms with E-state index in [0.717, 1.165) is 16.0 Å². The Morgan fingerprint density at radius 1 is 0.706 bits per heavy atom. The predicted molar refractivity (Wildman–Crippen MR) is 66.5 cm³/mol. The minimum Gasteiger partial charge on any atom is -0.278 e. The van der Waals surface area contributed by atoms with Crippen molar-refractivity contribution in [2.24, 2.45) is 0 Å². The molecule has 0 aliphatic carbocycles. The number of hydrogen-bond donors (Lipinski definition) is 0. The average Bonchev–Trinajstić information content (AvgIpc) is 2.42. The zero-order valence-electron chi connectivity index (χ0n) is 9.11. The van der Waals surface area contributed by atoms with Crippen molar-refractivity contribution >= 4 is 18.5 Å². The molecule has 0 N–H and O–H groups in total. The van der Waals surface area contributed by atoms with E-state index in [4.69, 9.17) is 0 Å². The number of carbonyl (C=O) groups is 2. The Morgan fingerprint density at radius 2 is 1.24 bits per heavy atom. The Morgan fingerprint density at radius 3 is 1.76 bits per heavy atom. The number of amides is 2. The Balaban J connectivity index is 2.30. The lowest BCUT2D eigenvalue weighted by Crippen LogP contribution is -2.17. The predicted octanol–water partition coefficient (Wildman–Crippen LogP) is 2.47. The Bertz CT molecular complexity index is 498. The van der Waals surface area contributed by atoms with Crippen LogP contribution in [0.3, 0.4) is 0 Å². The first-order valence-corrected chi connectivity index (χ1v) is 5.19. The second-order valence-electron chi connectivity index (χ2n) is 3.53. The van der Waals surface area contributed by atoms with Crippen molar-refractivity contribution in [3.63, 3.8) is 0 Å². The molecule has 0 fully saturated rings. The van der Waals surface area contributed by atoms with E-state index in [9.17, 15) is 9.59 Å². The van der Waals surface area contributed by atoms with Crippen LogP contribution >= 0.6 is 0 Å². The molecule has 0 aromatic heterocycles. The van der Waals surface area contributed by atoms with E-state index in [0.29, 0.717) is 18.5 Å². The molecule has 0 bridgehead atoms. The van der Waals surface area contributed by atoms with Gasteiger partial charge in [-0.2, -0.15) is 0 Å². The highest BCUT2D eigenvalue weighted by Crippen LogP contribution is 2.21. The zero-order valence-corrected chi connectivity index (χ0v) is 9.11. The third kappa shape index (κ3) is 2.39. The summed E-state index contributed by atoms with van der Waals surface area (Å²) in [5.41, 5.74) is 2.71. The molecular weight excluding hydrogens is 214 g/mol. The summed E-state index contributed by atoms with van der Waals surface area (Å²) in [7, 11) is 0. The molecule has 2 aromatic rings. The van der Waals surface area contributed by atoms with Gasteiger partial charge in [-0.25, -0.2) is 0 Å². The molecule has 3 heteroatoms. The lowest BCUT2D eigenvalue weighted by atomic mass is 10.1. The lowest BCUT2D eigenvalue weighted by molar-refractivity contribution is -0.113. The molecule has 84 valence electrons. The molecule has 2 amide bonds. The summed E-state index contributed by atoms with van der Waals surface area (Å²) in [6.07, 6.45) is 0.981. The van der Waals surface area contributed by atoms with E-state index in [1.54, 1.807) is 12.1 Å². The van der Waals surface area contributed by atoms with Gasteiger partial charge < -0.3 is 0 Å². The van der Waals surface area contributed by atoms with Crippen molar-refractivity contribution in [2.75, 3.05) is 4.90 Å². The van der Waals surface area contributed by atoms with Crippen LogP contribution in [0.25, 0.3) is 11.1 Å². The summed E-state index contributed by atoms with van der Waals surface area (Å²) in [6, 6.07) is 17.1. The maximum absolute atomic E-state index is 10.6. The van der Waals surface area contributed by atoms with Gasteiger partial charge in [-0.15, -0.1) is 0 Å². The summed E-state index contributed by atoms with van der Waals surface area (Å²) in [6.45, 7) is 0.